The molecular weight excluding hydrogens is 685 g/mol. The van der Waals surface area contributed by atoms with Crippen LogP contribution in [-0.4, -0.2) is 83.2 Å². The Kier molecular flexibility index (Phi) is 9.40. The van der Waals surface area contributed by atoms with E-state index in [1.54, 1.807) is 46.7 Å². The molecule has 0 aliphatic carbocycles. The molecule has 6 aromatic rings. The van der Waals surface area contributed by atoms with E-state index < -0.39 is 18.2 Å². The lowest BCUT2D eigenvalue weighted by Gasteiger charge is -2.54. The van der Waals surface area contributed by atoms with Gasteiger partial charge in [-0.2, -0.15) is 5.01 Å². The van der Waals surface area contributed by atoms with Gasteiger partial charge in [-0.25, -0.2) is 9.80 Å². The van der Waals surface area contributed by atoms with Crippen molar-refractivity contribution in [2.24, 2.45) is 0 Å². The van der Waals surface area contributed by atoms with E-state index in [1.165, 1.54) is 22.0 Å². The number of hydrazine groups is 1. The van der Waals surface area contributed by atoms with E-state index in [9.17, 15) is 19.5 Å². The van der Waals surface area contributed by atoms with Gasteiger partial charge in [-0.3, -0.25) is 24.5 Å². The summed E-state index contributed by atoms with van der Waals surface area (Å²) in [5.74, 6) is 5.83. The van der Waals surface area contributed by atoms with Crippen molar-refractivity contribution in [3.8, 4) is 28.8 Å². The van der Waals surface area contributed by atoms with Crippen LogP contribution in [0.1, 0.15) is 22.5 Å². The maximum absolute atomic E-state index is 14.5. The first-order valence-electron chi connectivity index (χ1n) is 17.4. The topological polar surface area (TPSA) is 148 Å². The highest BCUT2D eigenvalue weighted by Crippen LogP contribution is 2.30. The zero-order chi connectivity index (χ0) is 37.0. The number of aromatic nitrogens is 3. The number of phenols is 1. The number of fused-ring (bicyclic) bond motifs is 2. The minimum atomic E-state index is -1.21. The summed E-state index contributed by atoms with van der Waals surface area (Å²) in [6, 6.07) is 29.0. The number of benzene rings is 3. The molecular formula is C41H34N8O5. The standard InChI is InChI=1S/C41H34N8O5/c50-32-14-11-28(12-15-32)13-16-37-40(52)46(24-31-8-4-10-35-34(31)9-5-19-43-35)26-38-48(37)39(51)27-47(49(38)41(53)44-23-29-6-2-1-3-7-29)25-33-22-36(45-54-33)30-17-20-42-21-18-30/h1-12,14-15,17-22,37-38,50H,23-27H2,(H,44,53). The van der Waals surface area contributed by atoms with Gasteiger partial charge in [0.15, 0.2) is 11.8 Å². The van der Waals surface area contributed by atoms with Crippen LogP contribution in [0, 0.1) is 11.8 Å². The zero-order valence-electron chi connectivity index (χ0n) is 28.9. The molecule has 13 nitrogen and oxygen atoms in total. The molecule has 0 saturated carbocycles. The molecule has 8 rings (SSSR count). The molecule has 0 bridgehead atoms. The van der Waals surface area contributed by atoms with Gasteiger partial charge < -0.3 is 19.8 Å². The normalized spacial score (nSPS) is 17.2. The van der Waals surface area contributed by atoms with Crippen molar-refractivity contribution in [1.82, 2.24) is 40.3 Å². The number of nitrogens with one attached hydrogen (secondary N) is 1. The molecule has 2 aliphatic heterocycles. The summed E-state index contributed by atoms with van der Waals surface area (Å²) in [7, 11) is 0. The monoisotopic (exact) mass is 718 g/mol. The maximum Gasteiger partial charge on any atom is 0.334 e. The van der Waals surface area contributed by atoms with Crippen LogP contribution in [0.25, 0.3) is 22.2 Å². The van der Waals surface area contributed by atoms with E-state index in [0.717, 1.165) is 27.6 Å². The quantitative estimate of drug-likeness (QED) is 0.227. The van der Waals surface area contributed by atoms with Gasteiger partial charge in [0.1, 0.15) is 17.6 Å². The lowest BCUT2D eigenvalue weighted by atomic mass is 10.0. The van der Waals surface area contributed by atoms with E-state index in [2.05, 4.69) is 32.3 Å². The number of amides is 4. The minimum Gasteiger partial charge on any atom is -0.508 e. The van der Waals surface area contributed by atoms with Crippen LogP contribution in [-0.2, 0) is 29.2 Å². The predicted molar refractivity (Wildman–Crippen MR) is 197 cm³/mol. The average molecular weight is 719 g/mol. The maximum atomic E-state index is 14.5. The number of aromatic hydroxyl groups is 1. The fourth-order valence-electron chi connectivity index (χ4n) is 6.80. The van der Waals surface area contributed by atoms with Crippen LogP contribution in [0.3, 0.4) is 0 Å². The Morgan fingerprint density at radius 1 is 0.907 bits per heavy atom. The van der Waals surface area contributed by atoms with Gasteiger partial charge in [0, 0.05) is 54.3 Å². The number of nitrogens with zero attached hydrogens (tertiary/aromatic N) is 7. The molecule has 2 aliphatic rings. The van der Waals surface area contributed by atoms with Gasteiger partial charge in [0.05, 0.1) is 25.2 Å². The molecule has 0 spiro atoms. The van der Waals surface area contributed by atoms with E-state index in [-0.39, 0.29) is 50.3 Å². The van der Waals surface area contributed by atoms with Gasteiger partial charge in [0.2, 0.25) is 5.91 Å². The number of carbonyl (C=O) groups is 3. The number of piperazine rings is 1. The highest BCUT2D eigenvalue weighted by Gasteiger charge is 2.51. The minimum absolute atomic E-state index is 0.00649. The first-order valence-corrected chi connectivity index (χ1v) is 17.4. The van der Waals surface area contributed by atoms with Gasteiger partial charge in [-0.1, -0.05) is 65.5 Å². The third kappa shape index (κ3) is 7.06. The lowest BCUT2D eigenvalue weighted by molar-refractivity contribution is -0.189. The van der Waals surface area contributed by atoms with E-state index in [1.807, 2.05) is 72.8 Å². The molecule has 268 valence electrons. The van der Waals surface area contributed by atoms with Crippen LogP contribution in [0.4, 0.5) is 4.79 Å². The number of hydrogen-bond donors (Lipinski definition) is 2. The highest BCUT2D eigenvalue weighted by molar-refractivity contribution is 5.94. The van der Waals surface area contributed by atoms with Gasteiger partial charge in [-0.15, -0.1) is 0 Å². The Labute approximate surface area is 310 Å². The molecule has 3 aromatic heterocycles. The number of urea groups is 1. The van der Waals surface area contributed by atoms with Crippen molar-refractivity contribution in [2.75, 3.05) is 13.1 Å². The van der Waals surface area contributed by atoms with Crippen LogP contribution in [0.2, 0.25) is 0 Å². The number of pyridine rings is 2. The SMILES string of the molecule is O=C1C(C#Cc2ccc(O)cc2)N2C(=O)CN(Cc3cc(-c4ccncc4)no3)N(C(=O)NCc3ccccc3)C2CN1Cc1cccc2ncccc12. The largest absolute Gasteiger partial charge is 0.508 e. The van der Waals surface area contributed by atoms with Crippen molar-refractivity contribution < 1.29 is 24.0 Å². The summed E-state index contributed by atoms with van der Waals surface area (Å²) in [5.41, 5.74) is 4.47. The van der Waals surface area contributed by atoms with E-state index in [4.69, 9.17) is 4.52 Å². The molecule has 54 heavy (non-hydrogen) atoms. The number of phenolic OH excluding ortho intramolecular Hbond substituents is 1. The Hall–Kier alpha value is -7.04. The van der Waals surface area contributed by atoms with E-state index in [0.29, 0.717) is 17.0 Å². The summed E-state index contributed by atoms with van der Waals surface area (Å²) in [4.78, 5) is 54.7. The second-order valence-electron chi connectivity index (χ2n) is 12.9. The third-order valence-electron chi connectivity index (χ3n) is 9.41. The summed E-state index contributed by atoms with van der Waals surface area (Å²) >= 11 is 0. The molecule has 0 radical (unpaired) electrons. The Morgan fingerprint density at radius 3 is 2.54 bits per heavy atom. The van der Waals surface area contributed by atoms with Crippen LogP contribution in [0.15, 0.2) is 126 Å². The van der Waals surface area contributed by atoms with Crippen molar-refractivity contribution in [3.05, 3.63) is 144 Å². The van der Waals surface area contributed by atoms with Crippen molar-refractivity contribution >= 4 is 28.7 Å². The Balaban J connectivity index is 1.17. The van der Waals surface area contributed by atoms with Crippen LogP contribution < -0.4 is 5.32 Å². The molecule has 5 heterocycles. The molecule has 2 saturated heterocycles. The second kappa shape index (κ2) is 14.9. The molecule has 4 amide bonds. The summed E-state index contributed by atoms with van der Waals surface area (Å²) < 4.78 is 5.72. The number of rotatable bonds is 7. The molecule has 2 N–H and O–H groups in total. The van der Waals surface area contributed by atoms with Gasteiger partial charge >= 0.3 is 6.03 Å². The molecule has 13 heteroatoms. The lowest BCUT2D eigenvalue weighted by Crippen LogP contribution is -2.76. The number of hydrogen-bond acceptors (Lipinski definition) is 9. The van der Waals surface area contributed by atoms with Gasteiger partial charge in [-0.05, 0) is 59.7 Å². The first-order chi connectivity index (χ1) is 26.4. The zero-order valence-corrected chi connectivity index (χ0v) is 28.9. The second-order valence-corrected chi connectivity index (χ2v) is 12.9. The summed E-state index contributed by atoms with van der Waals surface area (Å²) in [6.45, 7) is 0.232. The fraction of sp³-hybridized carbons (Fsp3) is 0.171. The summed E-state index contributed by atoms with van der Waals surface area (Å²) in [6.07, 6.45) is 4.10. The van der Waals surface area contributed by atoms with Crippen molar-refractivity contribution in [2.45, 2.75) is 31.8 Å². The number of carbonyl (C=O) groups excluding carboxylic acids is 3. The van der Waals surface area contributed by atoms with Crippen molar-refractivity contribution in [1.29, 1.82) is 0 Å². The Bertz CT molecular complexity index is 2370. The molecule has 2 atom stereocenters. The van der Waals surface area contributed by atoms with Crippen LogP contribution >= 0.6 is 0 Å². The smallest absolute Gasteiger partial charge is 0.334 e. The highest BCUT2D eigenvalue weighted by atomic mass is 16.5. The Morgan fingerprint density at radius 2 is 1.72 bits per heavy atom. The first kappa shape index (κ1) is 34.1. The predicted octanol–water partition coefficient (Wildman–Crippen LogP) is 4.55. The molecule has 2 fully saturated rings. The molecule has 2 unspecified atom stereocenters. The third-order valence-corrected chi connectivity index (χ3v) is 9.41. The van der Waals surface area contributed by atoms with Crippen LogP contribution in [0.5, 0.6) is 5.75 Å². The fourth-order valence-corrected chi connectivity index (χ4v) is 6.80. The molecule has 3 aromatic carbocycles. The average Bonchev–Trinajstić information content (AvgIpc) is 3.67. The van der Waals surface area contributed by atoms with Gasteiger partial charge in [0.25, 0.3) is 5.91 Å². The summed E-state index contributed by atoms with van der Waals surface area (Å²) in [5, 5.41) is 21.1. The van der Waals surface area contributed by atoms with Crippen molar-refractivity contribution in [3.63, 3.8) is 0 Å². The van der Waals surface area contributed by atoms with E-state index >= 15 is 0 Å².